The van der Waals surface area contributed by atoms with Crippen LogP contribution in [0.1, 0.15) is 26.7 Å². The van der Waals surface area contributed by atoms with E-state index in [1.807, 2.05) is 13.0 Å². The molecule has 0 rings (SSSR count). The van der Waals surface area contributed by atoms with Crippen molar-refractivity contribution in [3.63, 3.8) is 0 Å². The average Bonchev–Trinajstić information content (AvgIpc) is 1.68. The van der Waals surface area contributed by atoms with Crippen LogP contribution in [0.4, 0.5) is 0 Å². The highest BCUT2D eigenvalue weighted by molar-refractivity contribution is 4.92. The molecule has 1 nitrogen and oxygen atoms in total. The van der Waals surface area contributed by atoms with Crippen molar-refractivity contribution in [3.8, 4) is 0 Å². The largest absolute Gasteiger partial charge is 0.402 e. The number of allylic oxidation sites excluding steroid dienone is 2. The van der Waals surface area contributed by atoms with Crippen LogP contribution in [-0.2, 0) is 0 Å². The van der Waals surface area contributed by atoms with Crippen LogP contribution in [0, 0.1) is 0 Å². The summed E-state index contributed by atoms with van der Waals surface area (Å²) in [5, 5.41) is 0. The number of rotatable bonds is 2. The first-order chi connectivity index (χ1) is 3.31. The second kappa shape index (κ2) is 3.72. The van der Waals surface area contributed by atoms with Gasteiger partial charge in [-0.1, -0.05) is 19.4 Å². The summed E-state index contributed by atoms with van der Waals surface area (Å²) in [7, 11) is 0. The first-order valence-electron chi connectivity index (χ1n) is 2.72. The van der Waals surface area contributed by atoms with Crippen LogP contribution in [0.3, 0.4) is 0 Å². The van der Waals surface area contributed by atoms with E-state index in [0.717, 1.165) is 18.5 Å². The molecule has 42 valence electrons. The Kier molecular flexibility index (Phi) is 3.48. The summed E-state index contributed by atoms with van der Waals surface area (Å²) in [6.45, 7) is 4.08. The summed E-state index contributed by atoms with van der Waals surface area (Å²) in [6, 6.07) is 0. The minimum absolute atomic E-state index is 1.00. The summed E-state index contributed by atoms with van der Waals surface area (Å²) in [5.41, 5.74) is 6.45. The minimum atomic E-state index is 1.00. The highest BCUT2D eigenvalue weighted by atomic mass is 14.6. The molecular formula is C6H13N. The third-order valence-electron chi connectivity index (χ3n) is 0.909. The average molecular weight is 99.2 g/mol. The van der Waals surface area contributed by atoms with Crippen LogP contribution in [0.5, 0.6) is 0 Å². The second-order valence-corrected chi connectivity index (χ2v) is 1.61. The van der Waals surface area contributed by atoms with E-state index < -0.39 is 0 Å². The van der Waals surface area contributed by atoms with Crippen molar-refractivity contribution in [2.45, 2.75) is 26.7 Å². The van der Waals surface area contributed by atoms with E-state index in [2.05, 4.69) is 6.92 Å². The molecule has 0 heterocycles. The fraction of sp³-hybridized carbons (Fsp3) is 0.667. The molecule has 0 aliphatic rings. The molecule has 0 aromatic rings. The highest BCUT2D eigenvalue weighted by Gasteiger charge is 1.80. The molecule has 0 spiro atoms. The van der Waals surface area contributed by atoms with Gasteiger partial charge in [-0.3, -0.25) is 0 Å². The Hall–Kier alpha value is -0.460. The van der Waals surface area contributed by atoms with E-state index in [-0.39, 0.29) is 0 Å². The van der Waals surface area contributed by atoms with Crippen LogP contribution < -0.4 is 5.73 Å². The number of hydrogen-bond donors (Lipinski definition) is 1. The Labute approximate surface area is 45.2 Å². The van der Waals surface area contributed by atoms with Crippen LogP contribution in [0.25, 0.3) is 0 Å². The van der Waals surface area contributed by atoms with E-state index in [9.17, 15) is 0 Å². The minimum Gasteiger partial charge on any atom is -0.402 e. The van der Waals surface area contributed by atoms with Crippen LogP contribution in [0.15, 0.2) is 11.8 Å². The van der Waals surface area contributed by atoms with Gasteiger partial charge in [0.1, 0.15) is 0 Å². The maximum atomic E-state index is 5.44. The first-order valence-corrected chi connectivity index (χ1v) is 2.72. The maximum Gasteiger partial charge on any atom is 0.00370 e. The van der Waals surface area contributed by atoms with Crippen LogP contribution in [-0.4, -0.2) is 0 Å². The normalized spacial score (nSPS) is 12.0. The molecule has 7 heavy (non-hydrogen) atoms. The van der Waals surface area contributed by atoms with Gasteiger partial charge in [0.05, 0.1) is 0 Å². The zero-order valence-electron chi connectivity index (χ0n) is 5.07. The highest BCUT2D eigenvalue weighted by Crippen LogP contribution is 1.93. The van der Waals surface area contributed by atoms with Gasteiger partial charge in [0.25, 0.3) is 0 Å². The Morgan fingerprint density at radius 3 is 2.43 bits per heavy atom. The molecule has 0 aromatic heterocycles. The first kappa shape index (κ1) is 6.54. The standard InChI is InChI=1S/C6H13N/c1-3-5-6(7)4-2/h4H,3,5,7H2,1-2H3/b6-4+. The lowest BCUT2D eigenvalue weighted by atomic mass is 10.2. The maximum absolute atomic E-state index is 5.44. The van der Waals surface area contributed by atoms with Crippen LogP contribution >= 0.6 is 0 Å². The predicted molar refractivity (Wildman–Crippen MR) is 32.9 cm³/mol. The molecule has 0 unspecified atom stereocenters. The topological polar surface area (TPSA) is 26.0 Å². The van der Waals surface area contributed by atoms with Gasteiger partial charge in [-0.25, -0.2) is 0 Å². The number of nitrogens with two attached hydrogens (primary N) is 1. The van der Waals surface area contributed by atoms with Crippen molar-refractivity contribution < 1.29 is 0 Å². The molecule has 0 aromatic carbocycles. The van der Waals surface area contributed by atoms with Gasteiger partial charge in [-0.2, -0.15) is 0 Å². The van der Waals surface area contributed by atoms with E-state index in [1.54, 1.807) is 0 Å². The zero-order valence-corrected chi connectivity index (χ0v) is 5.07. The smallest absolute Gasteiger partial charge is 0.00370 e. The Balaban J connectivity index is 3.17. The van der Waals surface area contributed by atoms with Gasteiger partial charge >= 0.3 is 0 Å². The Morgan fingerprint density at radius 1 is 1.71 bits per heavy atom. The van der Waals surface area contributed by atoms with Crippen molar-refractivity contribution in [1.82, 2.24) is 0 Å². The fourth-order valence-corrected chi connectivity index (χ4v) is 0.433. The lowest BCUT2D eigenvalue weighted by molar-refractivity contribution is 0.890. The van der Waals surface area contributed by atoms with Gasteiger partial charge in [0.2, 0.25) is 0 Å². The van der Waals surface area contributed by atoms with E-state index in [1.165, 1.54) is 0 Å². The van der Waals surface area contributed by atoms with Crippen molar-refractivity contribution in [1.29, 1.82) is 0 Å². The molecular weight excluding hydrogens is 86.1 g/mol. The van der Waals surface area contributed by atoms with Gasteiger partial charge in [-0.15, -0.1) is 0 Å². The Bertz CT molecular complexity index is 64.6. The monoisotopic (exact) mass is 99.1 g/mol. The third-order valence-corrected chi connectivity index (χ3v) is 0.909. The van der Waals surface area contributed by atoms with Crippen molar-refractivity contribution in [2.24, 2.45) is 5.73 Å². The van der Waals surface area contributed by atoms with Crippen LogP contribution in [0.2, 0.25) is 0 Å². The molecule has 0 amide bonds. The summed E-state index contributed by atoms with van der Waals surface area (Å²) in [5.74, 6) is 0. The number of hydrogen-bond acceptors (Lipinski definition) is 1. The van der Waals surface area contributed by atoms with Crippen molar-refractivity contribution >= 4 is 0 Å². The lowest BCUT2D eigenvalue weighted by Gasteiger charge is -1.91. The molecule has 0 bridgehead atoms. The van der Waals surface area contributed by atoms with E-state index in [4.69, 9.17) is 5.73 Å². The van der Waals surface area contributed by atoms with E-state index in [0.29, 0.717) is 0 Å². The summed E-state index contributed by atoms with van der Waals surface area (Å²) in [6.07, 6.45) is 4.14. The molecule has 0 saturated carbocycles. The molecule has 0 fully saturated rings. The third kappa shape index (κ3) is 3.37. The summed E-state index contributed by atoms with van der Waals surface area (Å²) in [4.78, 5) is 0. The van der Waals surface area contributed by atoms with Gasteiger partial charge in [-0.05, 0) is 13.3 Å². The van der Waals surface area contributed by atoms with Gasteiger partial charge in [0, 0.05) is 5.70 Å². The molecule has 0 aliphatic carbocycles. The SMILES string of the molecule is C/C=C(/N)CCC. The Morgan fingerprint density at radius 2 is 2.29 bits per heavy atom. The molecule has 0 atom stereocenters. The molecule has 0 aliphatic heterocycles. The fourth-order valence-electron chi connectivity index (χ4n) is 0.433. The molecule has 0 saturated heterocycles. The lowest BCUT2D eigenvalue weighted by Crippen LogP contribution is -1.93. The summed E-state index contributed by atoms with van der Waals surface area (Å²) >= 11 is 0. The zero-order chi connectivity index (χ0) is 5.70. The van der Waals surface area contributed by atoms with Crippen molar-refractivity contribution in [2.75, 3.05) is 0 Å². The van der Waals surface area contributed by atoms with Crippen molar-refractivity contribution in [3.05, 3.63) is 11.8 Å². The summed E-state index contributed by atoms with van der Waals surface area (Å²) < 4.78 is 0. The molecule has 0 radical (unpaired) electrons. The molecule has 2 N–H and O–H groups in total. The van der Waals surface area contributed by atoms with E-state index >= 15 is 0 Å². The quantitative estimate of drug-likeness (QED) is 0.559. The second-order valence-electron chi connectivity index (χ2n) is 1.61. The van der Waals surface area contributed by atoms with Gasteiger partial charge in [0.15, 0.2) is 0 Å². The molecule has 1 heteroatoms. The van der Waals surface area contributed by atoms with Gasteiger partial charge < -0.3 is 5.73 Å². The predicted octanol–water partition coefficient (Wildman–Crippen LogP) is 1.65.